The van der Waals surface area contributed by atoms with Crippen LogP contribution in [0.2, 0.25) is 5.02 Å². The van der Waals surface area contributed by atoms with Gasteiger partial charge in [0.1, 0.15) is 0 Å². The van der Waals surface area contributed by atoms with Gasteiger partial charge in [-0.05, 0) is 76.1 Å². The van der Waals surface area contributed by atoms with E-state index in [4.69, 9.17) is 11.6 Å². The molecule has 3 aromatic heterocycles. The maximum Gasteiger partial charge on any atom is 0.240 e. The number of fused-ring (bicyclic) bond motifs is 1. The van der Waals surface area contributed by atoms with Gasteiger partial charge in [-0.25, -0.2) is 0 Å². The zero-order chi connectivity index (χ0) is 24.5. The number of nitrogens with one attached hydrogen (secondary N) is 2. The Labute approximate surface area is 211 Å². The Morgan fingerprint density at radius 1 is 1.00 bits per heavy atom. The lowest BCUT2D eigenvalue weighted by Gasteiger charge is -2.32. The van der Waals surface area contributed by atoms with Crippen LogP contribution in [-0.2, 0) is 0 Å². The fourth-order valence-corrected chi connectivity index (χ4v) is 4.86. The zero-order valence-corrected chi connectivity index (χ0v) is 19.9. The number of benzene rings is 2. The first-order valence-electron chi connectivity index (χ1n) is 11.7. The molecule has 0 unspecified atom stereocenters. The normalized spacial score (nSPS) is 14.8. The first kappa shape index (κ1) is 22.3. The van der Waals surface area contributed by atoms with E-state index < -0.39 is 5.95 Å². The number of H-pyrrole nitrogens is 2. The summed E-state index contributed by atoms with van der Waals surface area (Å²) in [4.78, 5) is 4.19. The van der Waals surface area contributed by atoms with Gasteiger partial charge in [-0.15, -0.1) is 15.3 Å². The van der Waals surface area contributed by atoms with Gasteiger partial charge in [-0.3, -0.25) is 10.1 Å². The molecule has 9 heteroatoms. The Hall–Kier alpha value is -4.17. The highest BCUT2D eigenvalue weighted by atomic mass is 35.5. The summed E-state index contributed by atoms with van der Waals surface area (Å²) in [6.45, 7) is 0. The fraction of sp³-hybridized carbons (Fsp3) is 0.148. The van der Waals surface area contributed by atoms with Gasteiger partial charge in [-0.1, -0.05) is 54.4 Å². The molecular weight excluding hydrogens is 477 g/mol. The van der Waals surface area contributed by atoms with Crippen molar-refractivity contribution in [1.29, 1.82) is 0 Å². The van der Waals surface area contributed by atoms with E-state index in [0.717, 1.165) is 46.2 Å². The molecule has 2 aromatic carbocycles. The number of hydrogen-bond donors (Lipinski definition) is 2. The summed E-state index contributed by atoms with van der Waals surface area (Å²) in [5.74, 6) is 0.345. The predicted molar refractivity (Wildman–Crippen MR) is 138 cm³/mol. The molecule has 0 radical (unpaired) electrons. The summed E-state index contributed by atoms with van der Waals surface area (Å²) < 4.78 is 14.5. The number of tetrazole rings is 1. The van der Waals surface area contributed by atoms with Gasteiger partial charge in [0, 0.05) is 18.0 Å². The number of rotatable bonds is 6. The minimum absolute atomic E-state index is 0.350. The molecule has 3 heterocycles. The molecular formula is C27H21ClFN7. The van der Waals surface area contributed by atoms with E-state index in [2.05, 4.69) is 47.9 Å². The van der Waals surface area contributed by atoms with Gasteiger partial charge in [-0.2, -0.15) is 9.60 Å². The number of pyridine rings is 1. The fourth-order valence-electron chi connectivity index (χ4n) is 4.64. The number of nitrogens with zero attached hydrogens (tertiary/aromatic N) is 5. The molecule has 6 rings (SSSR count). The lowest BCUT2D eigenvalue weighted by atomic mass is 9.73. The van der Waals surface area contributed by atoms with Crippen molar-refractivity contribution in [3.8, 4) is 0 Å². The van der Waals surface area contributed by atoms with Gasteiger partial charge in [0.05, 0.1) is 15.9 Å². The van der Waals surface area contributed by atoms with Crippen LogP contribution >= 0.6 is 11.6 Å². The van der Waals surface area contributed by atoms with Gasteiger partial charge < -0.3 is 0 Å². The maximum absolute atomic E-state index is 14.5. The Balaban J connectivity index is 1.53. The van der Waals surface area contributed by atoms with Crippen LogP contribution in [-0.4, -0.2) is 35.8 Å². The van der Waals surface area contributed by atoms with Gasteiger partial charge in [0.15, 0.2) is 5.82 Å². The van der Waals surface area contributed by atoms with Crippen molar-refractivity contribution in [2.24, 2.45) is 5.92 Å². The smallest absolute Gasteiger partial charge is 0.240 e. The van der Waals surface area contributed by atoms with E-state index >= 15 is 0 Å². The van der Waals surface area contributed by atoms with Crippen molar-refractivity contribution in [2.75, 3.05) is 0 Å². The molecule has 0 amide bonds. The second kappa shape index (κ2) is 9.47. The van der Waals surface area contributed by atoms with Crippen molar-refractivity contribution in [3.63, 3.8) is 0 Å². The third kappa shape index (κ3) is 4.20. The summed E-state index contributed by atoms with van der Waals surface area (Å²) in [7, 11) is 0. The average molecular weight is 498 g/mol. The van der Waals surface area contributed by atoms with Gasteiger partial charge >= 0.3 is 0 Å². The first-order valence-corrected chi connectivity index (χ1v) is 12.0. The van der Waals surface area contributed by atoms with Crippen LogP contribution in [0, 0.1) is 11.9 Å². The van der Waals surface area contributed by atoms with Crippen LogP contribution < -0.4 is 0 Å². The molecule has 0 bridgehead atoms. The standard InChI is InChI=1S/C27H21ClFN7/c28-22-15-30-13-12-20(22)26(17-2-1-3-17)25(19-9-10-23-21(14-19)27(29)34-31-23)18-7-4-16(5-8-18)6-11-24-32-35-36-33-24/h4-15,17H,1-3H2,(H,31,34)(H,32,33,35,36)/b11-6+,26-25+. The highest BCUT2D eigenvalue weighted by Crippen LogP contribution is 2.46. The first-order chi connectivity index (χ1) is 17.7. The average Bonchev–Trinajstić information content (AvgIpc) is 3.52. The third-order valence-corrected chi connectivity index (χ3v) is 6.94. The van der Waals surface area contributed by atoms with Crippen LogP contribution in [0.15, 0.2) is 60.9 Å². The molecule has 7 nitrogen and oxygen atoms in total. The van der Waals surface area contributed by atoms with E-state index in [1.807, 2.05) is 42.5 Å². The van der Waals surface area contributed by atoms with E-state index in [1.165, 1.54) is 6.42 Å². The van der Waals surface area contributed by atoms with Crippen LogP contribution in [0.3, 0.4) is 0 Å². The Morgan fingerprint density at radius 3 is 2.56 bits per heavy atom. The van der Waals surface area contributed by atoms with Crippen molar-refractivity contribution in [3.05, 3.63) is 100.0 Å². The summed E-state index contributed by atoms with van der Waals surface area (Å²) in [5.41, 5.74) is 6.73. The minimum atomic E-state index is -0.514. The Morgan fingerprint density at radius 2 is 1.83 bits per heavy atom. The van der Waals surface area contributed by atoms with Crippen molar-refractivity contribution in [1.82, 2.24) is 35.8 Å². The number of aromatic nitrogens is 7. The summed E-state index contributed by atoms with van der Waals surface area (Å²) in [5, 5.41) is 21.5. The maximum atomic E-state index is 14.5. The van der Waals surface area contributed by atoms with Crippen molar-refractivity contribution < 1.29 is 4.39 Å². The number of allylic oxidation sites excluding steroid dienone is 1. The van der Waals surface area contributed by atoms with Crippen LogP contribution in [0.25, 0.3) is 34.2 Å². The monoisotopic (exact) mass is 497 g/mol. The lowest BCUT2D eigenvalue weighted by molar-refractivity contribution is 0.401. The van der Waals surface area contributed by atoms with Gasteiger partial charge in [0.2, 0.25) is 5.95 Å². The van der Waals surface area contributed by atoms with Crippen LogP contribution in [0.4, 0.5) is 4.39 Å². The summed E-state index contributed by atoms with van der Waals surface area (Å²) in [6.07, 6.45) is 10.5. The molecule has 36 heavy (non-hydrogen) atoms. The minimum Gasteiger partial charge on any atom is -0.275 e. The largest absolute Gasteiger partial charge is 0.275 e. The number of hydrogen-bond acceptors (Lipinski definition) is 5. The molecule has 178 valence electrons. The number of halogens is 2. The van der Waals surface area contributed by atoms with Gasteiger partial charge in [0.25, 0.3) is 0 Å². The Kier molecular flexibility index (Phi) is 5.87. The third-order valence-electron chi connectivity index (χ3n) is 6.64. The van der Waals surface area contributed by atoms with Crippen LogP contribution in [0.5, 0.6) is 0 Å². The SMILES string of the molecule is Fc1n[nH]c2ccc(/C(=C(/c3ccncc3Cl)C3CCC3)c3ccc(/C=C/c4nn[nH]n4)cc3)cc12. The summed E-state index contributed by atoms with van der Waals surface area (Å²) in [6, 6.07) is 15.9. The molecule has 5 aromatic rings. The van der Waals surface area contributed by atoms with E-state index in [-0.39, 0.29) is 0 Å². The molecule has 0 saturated heterocycles. The Bertz CT molecular complexity index is 1580. The molecule has 0 aliphatic heterocycles. The van der Waals surface area contributed by atoms with Crippen LogP contribution in [0.1, 0.15) is 47.3 Å². The molecule has 1 saturated carbocycles. The molecule has 1 fully saturated rings. The zero-order valence-electron chi connectivity index (χ0n) is 19.1. The highest BCUT2D eigenvalue weighted by Gasteiger charge is 2.28. The van der Waals surface area contributed by atoms with E-state index in [1.54, 1.807) is 18.5 Å². The number of aromatic amines is 2. The lowest BCUT2D eigenvalue weighted by Crippen LogP contribution is -2.15. The highest BCUT2D eigenvalue weighted by molar-refractivity contribution is 6.32. The topological polar surface area (TPSA) is 96.0 Å². The molecule has 2 N–H and O–H groups in total. The second-order valence-electron chi connectivity index (χ2n) is 8.77. The molecule has 1 aliphatic rings. The molecule has 0 atom stereocenters. The van der Waals surface area contributed by atoms with Crippen molar-refractivity contribution >= 4 is 45.8 Å². The van der Waals surface area contributed by atoms with E-state index in [9.17, 15) is 4.39 Å². The molecule has 1 aliphatic carbocycles. The summed E-state index contributed by atoms with van der Waals surface area (Å²) >= 11 is 6.68. The second-order valence-corrected chi connectivity index (χ2v) is 9.18. The van der Waals surface area contributed by atoms with E-state index in [0.29, 0.717) is 27.7 Å². The predicted octanol–water partition coefficient (Wildman–Crippen LogP) is 6.19. The van der Waals surface area contributed by atoms with Crippen molar-refractivity contribution in [2.45, 2.75) is 19.3 Å². The quantitative estimate of drug-likeness (QED) is 0.291. The molecule has 0 spiro atoms.